The fourth-order valence-electron chi connectivity index (χ4n) is 5.99. The van der Waals surface area contributed by atoms with Gasteiger partial charge in [-0.15, -0.1) is 11.1 Å². The van der Waals surface area contributed by atoms with Crippen LogP contribution in [-0.4, -0.2) is 86.3 Å². The van der Waals surface area contributed by atoms with Crippen molar-refractivity contribution in [1.29, 1.82) is 0 Å². The Labute approximate surface area is 310 Å². The first-order valence-corrected chi connectivity index (χ1v) is 24.3. The van der Waals surface area contributed by atoms with E-state index < -0.39 is 45.9 Å². The number of benzene rings is 2. The highest BCUT2D eigenvalue weighted by atomic mass is 28.3. The molecule has 278 valence electrons. The van der Waals surface area contributed by atoms with Crippen LogP contribution in [0.25, 0.3) is 0 Å². The molecule has 0 aliphatic carbocycles. The third-order valence-electron chi connectivity index (χ3n) is 8.44. The molecule has 53 heavy (non-hydrogen) atoms. The second kappa shape index (κ2) is 17.0. The molecule has 4 aliphatic rings. The van der Waals surface area contributed by atoms with E-state index in [9.17, 15) is 38.0 Å². The summed E-state index contributed by atoms with van der Waals surface area (Å²) < 4.78 is 13.6. The van der Waals surface area contributed by atoms with Gasteiger partial charge in [0.15, 0.2) is 6.29 Å². The molecule has 4 heterocycles. The Kier molecular flexibility index (Phi) is 12.9. The highest BCUT2D eigenvalue weighted by molar-refractivity contribution is 6.84. The van der Waals surface area contributed by atoms with Crippen LogP contribution in [0.4, 0.5) is 10.1 Å². The summed E-state index contributed by atoms with van der Waals surface area (Å²) in [6, 6.07) is 8.56. The van der Waals surface area contributed by atoms with Crippen LogP contribution in [0.2, 0.25) is 39.3 Å². The topological polar surface area (TPSA) is 162 Å². The minimum atomic E-state index is -1.41. The molecule has 6 amide bonds. The van der Waals surface area contributed by atoms with E-state index in [2.05, 4.69) is 78.2 Å². The van der Waals surface area contributed by atoms with Crippen LogP contribution in [0.3, 0.4) is 0 Å². The Balaban J connectivity index is 0.000000203. The summed E-state index contributed by atoms with van der Waals surface area (Å²) in [5.41, 5.74) is 9.17. The number of rotatable bonds is 4. The van der Waals surface area contributed by atoms with Gasteiger partial charge in [0, 0.05) is 47.3 Å². The highest BCUT2D eigenvalue weighted by Gasteiger charge is 2.41. The maximum Gasteiger partial charge on any atom is 0.255 e. The first kappa shape index (κ1) is 40.4. The molecule has 15 heteroatoms. The molecule has 0 spiro atoms. The molecule has 2 fully saturated rings. The van der Waals surface area contributed by atoms with E-state index in [1.54, 1.807) is 17.0 Å². The van der Waals surface area contributed by atoms with Gasteiger partial charge in [-0.05, 0) is 43.0 Å². The number of hydrogen-bond donors (Lipinski definition) is 3. The molecule has 2 saturated heterocycles. The third kappa shape index (κ3) is 10.6. The van der Waals surface area contributed by atoms with Gasteiger partial charge in [-0.25, -0.2) is 4.39 Å². The number of anilines is 1. The molecule has 2 atom stereocenters. The lowest BCUT2D eigenvalue weighted by atomic mass is 10.0. The number of halogens is 1. The predicted molar refractivity (Wildman–Crippen MR) is 202 cm³/mol. The number of imide groups is 2. The van der Waals surface area contributed by atoms with Crippen molar-refractivity contribution in [3.8, 4) is 22.9 Å². The van der Waals surface area contributed by atoms with Gasteiger partial charge in [-0.1, -0.05) is 57.3 Å². The summed E-state index contributed by atoms with van der Waals surface area (Å²) in [4.78, 5) is 83.8. The second-order valence-electron chi connectivity index (χ2n) is 14.9. The molecule has 2 unspecified atom stereocenters. The number of hydrogen-bond acceptors (Lipinski definition) is 8. The minimum absolute atomic E-state index is 0.0765. The smallest absolute Gasteiger partial charge is 0.255 e. The fraction of sp³-hybridized carbons (Fsp3) is 0.395. The second-order valence-corrected chi connectivity index (χ2v) is 24.4. The van der Waals surface area contributed by atoms with Crippen molar-refractivity contribution in [1.82, 2.24) is 20.4 Å². The van der Waals surface area contributed by atoms with Gasteiger partial charge in [-0.2, -0.15) is 0 Å². The first-order valence-electron chi connectivity index (χ1n) is 17.3. The normalized spacial score (nSPS) is 19.1. The van der Waals surface area contributed by atoms with Crippen LogP contribution in [0.1, 0.15) is 57.5 Å². The number of nitrogens with zero attached hydrogens (tertiary/aromatic N) is 2. The summed E-state index contributed by atoms with van der Waals surface area (Å²) in [5.74, 6) is 3.13. The molecule has 2 aromatic carbocycles. The standard InChI is InChI=1S/C19H23N3O3Si.C13H11FN2O3.C6H10OSi/c1-26(2,3)11-5-10-20-15-7-4-6-13-14(15)12-22(19(13)25)16-8-9-17(23)21-18(16)24;14-9-3-1-2-7-8(9)6-16(13(7)19)10-4-5-11(17)15-12(10)18;1-8(2,3)6-4-5-7/h4,6-7,16,20H,8-10,12H2,1-3H3,(H,21,23,24);1-3,10H,4-6H2,(H,15,17,18);5H,1-3H3. The molecule has 6 rings (SSSR count). The van der Waals surface area contributed by atoms with E-state index >= 15 is 0 Å². The molecule has 0 aromatic heterocycles. The van der Waals surface area contributed by atoms with Crippen molar-refractivity contribution < 1.29 is 38.0 Å². The van der Waals surface area contributed by atoms with Crippen molar-refractivity contribution in [2.45, 2.75) is 90.1 Å². The van der Waals surface area contributed by atoms with Crippen LogP contribution in [-0.2, 0) is 37.1 Å². The Morgan fingerprint density at radius 3 is 1.70 bits per heavy atom. The summed E-state index contributed by atoms with van der Waals surface area (Å²) in [6.45, 7) is 13.8. The van der Waals surface area contributed by atoms with Crippen LogP contribution in [0, 0.1) is 28.7 Å². The molecular weight excluding hydrogens is 714 g/mol. The van der Waals surface area contributed by atoms with E-state index in [1.807, 2.05) is 12.1 Å². The zero-order valence-electron chi connectivity index (χ0n) is 30.8. The maximum absolute atomic E-state index is 13.6. The van der Waals surface area contributed by atoms with E-state index in [0.717, 1.165) is 11.3 Å². The summed E-state index contributed by atoms with van der Waals surface area (Å²) in [7, 11) is -2.68. The number of nitrogens with one attached hydrogen (secondary N) is 3. The zero-order chi connectivity index (χ0) is 39.1. The number of amides is 6. The van der Waals surface area contributed by atoms with Crippen LogP contribution in [0.5, 0.6) is 0 Å². The first-order chi connectivity index (χ1) is 24.9. The quantitative estimate of drug-likeness (QED) is 0.185. The van der Waals surface area contributed by atoms with Gasteiger partial charge in [0.25, 0.3) is 11.8 Å². The lowest BCUT2D eigenvalue weighted by Crippen LogP contribution is -2.52. The van der Waals surface area contributed by atoms with Crippen molar-refractivity contribution in [3.63, 3.8) is 0 Å². The molecule has 12 nitrogen and oxygen atoms in total. The highest BCUT2D eigenvalue weighted by Crippen LogP contribution is 2.32. The molecule has 2 aromatic rings. The largest absolute Gasteiger partial charge is 0.374 e. The number of piperidine rings is 2. The predicted octanol–water partition coefficient (Wildman–Crippen LogP) is 3.39. The van der Waals surface area contributed by atoms with E-state index in [-0.39, 0.29) is 49.4 Å². The van der Waals surface area contributed by atoms with Gasteiger partial charge in [0.05, 0.1) is 13.1 Å². The van der Waals surface area contributed by atoms with E-state index in [0.29, 0.717) is 42.5 Å². The summed E-state index contributed by atoms with van der Waals surface area (Å²) in [6.07, 6.45) is 1.76. The van der Waals surface area contributed by atoms with Crippen LogP contribution >= 0.6 is 0 Å². The monoisotopic (exact) mass is 757 g/mol. The molecule has 0 bridgehead atoms. The van der Waals surface area contributed by atoms with Gasteiger partial charge in [0.2, 0.25) is 23.6 Å². The van der Waals surface area contributed by atoms with Gasteiger partial charge in [-0.3, -0.25) is 44.2 Å². The van der Waals surface area contributed by atoms with E-state index in [4.69, 9.17) is 0 Å². The van der Waals surface area contributed by atoms with Gasteiger partial charge < -0.3 is 15.1 Å². The molecule has 0 saturated carbocycles. The average Bonchev–Trinajstić information content (AvgIpc) is 3.59. The summed E-state index contributed by atoms with van der Waals surface area (Å²) in [5, 5.41) is 7.82. The fourth-order valence-corrected chi connectivity index (χ4v) is 7.10. The minimum Gasteiger partial charge on any atom is -0.374 e. The molecule has 0 radical (unpaired) electrons. The summed E-state index contributed by atoms with van der Waals surface area (Å²) >= 11 is 0. The Morgan fingerprint density at radius 1 is 0.755 bits per heavy atom. The molecule has 3 N–H and O–H groups in total. The lowest BCUT2D eigenvalue weighted by molar-refractivity contribution is -0.138. The van der Waals surface area contributed by atoms with Crippen molar-refractivity contribution >= 4 is 63.6 Å². The SMILES string of the molecule is C[Si](C)(C)C#CC=O.C[Si](C)(C)C#CCNc1cccc2c1CN(C1CCC(=O)NC1=O)C2=O.O=C1CCC(N2Cc3c(F)cccc3C2=O)C(=O)N1. The molecule has 4 aliphatic heterocycles. The maximum atomic E-state index is 13.6. The zero-order valence-corrected chi connectivity index (χ0v) is 32.8. The lowest BCUT2D eigenvalue weighted by Gasteiger charge is -2.29. The van der Waals surface area contributed by atoms with Crippen molar-refractivity contribution in [3.05, 3.63) is 64.5 Å². The van der Waals surface area contributed by atoms with Gasteiger partial charge in [0.1, 0.15) is 34.0 Å². The number of aldehydes is 1. The Hall–Kier alpha value is -5.39. The molecular formula is C38H44FN5O7Si2. The Morgan fingerprint density at radius 2 is 1.25 bits per heavy atom. The van der Waals surface area contributed by atoms with Gasteiger partial charge >= 0.3 is 0 Å². The average molecular weight is 758 g/mol. The van der Waals surface area contributed by atoms with Crippen LogP contribution < -0.4 is 16.0 Å². The van der Waals surface area contributed by atoms with Crippen molar-refractivity contribution in [2.75, 3.05) is 11.9 Å². The van der Waals surface area contributed by atoms with Crippen molar-refractivity contribution in [2.24, 2.45) is 0 Å². The number of fused-ring (bicyclic) bond motifs is 2. The Bertz CT molecular complexity index is 1970. The van der Waals surface area contributed by atoms with E-state index in [1.165, 1.54) is 17.0 Å². The third-order valence-corrected chi connectivity index (χ3v) is 10.3. The van der Waals surface area contributed by atoms with Crippen LogP contribution in [0.15, 0.2) is 36.4 Å². The number of carbonyl (C=O) groups excluding carboxylic acids is 7. The number of carbonyl (C=O) groups is 7.